The van der Waals surface area contributed by atoms with E-state index >= 15 is 0 Å². The minimum Gasteiger partial charge on any atom is -0.493 e. The molecule has 30 heavy (non-hydrogen) atoms. The van der Waals surface area contributed by atoms with Crippen molar-refractivity contribution in [2.75, 3.05) is 13.7 Å². The second-order valence-electron chi connectivity index (χ2n) is 7.48. The van der Waals surface area contributed by atoms with Gasteiger partial charge < -0.3 is 19.3 Å². The van der Waals surface area contributed by atoms with Crippen molar-refractivity contribution in [2.24, 2.45) is 0 Å². The first kappa shape index (κ1) is 20.9. The summed E-state index contributed by atoms with van der Waals surface area (Å²) >= 11 is 2.05. The zero-order valence-corrected chi connectivity index (χ0v) is 18.6. The summed E-state index contributed by atoms with van der Waals surface area (Å²) < 4.78 is 17.6. The average Bonchev–Trinajstić information content (AvgIpc) is 2.71. The number of allylic oxidation sites excluding steroid dienone is 4. The number of carboxylic acids is 1. The van der Waals surface area contributed by atoms with Crippen molar-refractivity contribution in [3.8, 4) is 11.5 Å². The molecule has 1 heterocycles. The van der Waals surface area contributed by atoms with Gasteiger partial charge in [-0.05, 0) is 53.1 Å². The van der Waals surface area contributed by atoms with E-state index in [-0.39, 0.29) is 11.6 Å². The molecule has 3 aliphatic rings. The van der Waals surface area contributed by atoms with Gasteiger partial charge in [-0.1, -0.05) is 0 Å². The number of hydrogen-bond donors (Lipinski definition) is 1. The molecule has 0 saturated heterocycles. The summed E-state index contributed by atoms with van der Waals surface area (Å²) in [6.45, 7) is -0.495. The van der Waals surface area contributed by atoms with E-state index in [1.165, 1.54) is 7.11 Å². The number of hydrogen-bond acceptors (Lipinski definition) is 6. The number of halogens is 1. The number of aliphatic carboxylic acids is 1. The highest BCUT2D eigenvalue weighted by Gasteiger charge is 2.42. The Labute approximate surface area is 187 Å². The van der Waals surface area contributed by atoms with Gasteiger partial charge in [0.05, 0.1) is 10.7 Å². The van der Waals surface area contributed by atoms with Crippen LogP contribution in [0, 0.1) is 3.57 Å². The van der Waals surface area contributed by atoms with Crippen LogP contribution in [-0.4, -0.2) is 36.4 Å². The van der Waals surface area contributed by atoms with Crippen LogP contribution >= 0.6 is 22.6 Å². The lowest BCUT2D eigenvalue weighted by Crippen LogP contribution is -2.30. The van der Waals surface area contributed by atoms with Crippen molar-refractivity contribution < 1.29 is 33.7 Å². The third-order valence-electron chi connectivity index (χ3n) is 5.57. The first-order valence-electron chi connectivity index (χ1n) is 9.83. The first-order chi connectivity index (χ1) is 14.4. The minimum atomic E-state index is -1.09. The number of benzene rings is 1. The SMILES string of the molecule is COc1cc(C2C3=C(CCCC3=O)OC3=C2C(=O)CCC3)cc(I)c1OCC(=O)O. The molecule has 1 N–H and O–H groups in total. The van der Waals surface area contributed by atoms with Crippen molar-refractivity contribution in [3.05, 3.63) is 43.9 Å². The predicted octanol–water partition coefficient (Wildman–Crippen LogP) is 3.89. The molecule has 1 aromatic carbocycles. The number of carbonyl (C=O) groups excluding carboxylic acids is 2. The number of Topliss-reactive ketones (excluding diaryl/α,β-unsaturated/α-hetero) is 2. The molecule has 0 amide bonds. The van der Waals surface area contributed by atoms with E-state index in [0.29, 0.717) is 63.4 Å². The maximum atomic E-state index is 12.9. The van der Waals surface area contributed by atoms with E-state index in [1.54, 1.807) is 6.07 Å². The van der Waals surface area contributed by atoms with E-state index in [0.717, 1.165) is 18.4 Å². The van der Waals surface area contributed by atoms with Crippen LogP contribution < -0.4 is 9.47 Å². The Kier molecular flexibility index (Phi) is 5.86. The lowest BCUT2D eigenvalue weighted by molar-refractivity contribution is -0.139. The predicted molar refractivity (Wildman–Crippen MR) is 114 cm³/mol. The van der Waals surface area contributed by atoms with Crippen LogP contribution in [-0.2, 0) is 19.1 Å². The number of methoxy groups -OCH3 is 1. The number of ether oxygens (including phenoxy) is 3. The second-order valence-corrected chi connectivity index (χ2v) is 8.64. The molecule has 0 fully saturated rings. The van der Waals surface area contributed by atoms with Gasteiger partial charge in [0.1, 0.15) is 11.5 Å². The maximum Gasteiger partial charge on any atom is 0.341 e. The standard InChI is InChI=1S/C22H21IO7/c1-28-17-9-11(8-12(23)22(17)29-10-18(26)27)19-20-13(24)4-2-6-15(20)30-16-7-3-5-14(25)21(16)19/h8-9,19H,2-7,10H2,1H3,(H,26,27). The molecule has 0 bridgehead atoms. The van der Waals surface area contributed by atoms with E-state index in [9.17, 15) is 14.4 Å². The Balaban J connectivity index is 1.86. The quantitative estimate of drug-likeness (QED) is 0.584. The van der Waals surface area contributed by atoms with Gasteiger partial charge in [0, 0.05) is 42.7 Å². The monoisotopic (exact) mass is 524 g/mol. The molecular formula is C22H21IO7. The molecule has 158 valence electrons. The molecule has 4 rings (SSSR count). The molecule has 8 heteroatoms. The van der Waals surface area contributed by atoms with Crippen LogP contribution in [0.3, 0.4) is 0 Å². The fourth-order valence-corrected chi connectivity index (χ4v) is 5.11. The lowest BCUT2D eigenvalue weighted by atomic mass is 9.73. The molecule has 2 aliphatic carbocycles. The van der Waals surface area contributed by atoms with Gasteiger partial charge >= 0.3 is 5.97 Å². The van der Waals surface area contributed by atoms with Gasteiger partial charge in [-0.25, -0.2) is 4.79 Å². The Morgan fingerprint density at radius 2 is 1.70 bits per heavy atom. The summed E-state index contributed by atoms with van der Waals surface area (Å²) in [7, 11) is 1.47. The Morgan fingerprint density at radius 3 is 2.23 bits per heavy atom. The minimum absolute atomic E-state index is 0.00588. The molecule has 1 aliphatic heterocycles. The Hall–Kier alpha value is -2.36. The summed E-state index contributed by atoms with van der Waals surface area (Å²) in [4.78, 5) is 36.7. The molecule has 0 atom stereocenters. The Morgan fingerprint density at radius 1 is 1.10 bits per heavy atom. The van der Waals surface area contributed by atoms with Gasteiger partial charge in [-0.3, -0.25) is 9.59 Å². The first-order valence-corrected chi connectivity index (χ1v) is 10.9. The van der Waals surface area contributed by atoms with Crippen molar-refractivity contribution in [1.82, 2.24) is 0 Å². The Bertz CT molecular complexity index is 963. The second kappa shape index (κ2) is 8.41. The summed E-state index contributed by atoms with van der Waals surface area (Å²) in [6.07, 6.45) is 3.70. The molecule has 0 aromatic heterocycles. The number of ketones is 2. The topological polar surface area (TPSA) is 99.1 Å². The van der Waals surface area contributed by atoms with Gasteiger partial charge in [0.15, 0.2) is 29.7 Å². The van der Waals surface area contributed by atoms with E-state index in [2.05, 4.69) is 22.6 Å². The average molecular weight is 524 g/mol. The fraction of sp³-hybridized carbons (Fsp3) is 0.409. The van der Waals surface area contributed by atoms with Crippen molar-refractivity contribution in [1.29, 1.82) is 0 Å². The van der Waals surface area contributed by atoms with Crippen LogP contribution in [0.2, 0.25) is 0 Å². The number of carbonyl (C=O) groups is 3. The van der Waals surface area contributed by atoms with Crippen LogP contribution in [0.4, 0.5) is 0 Å². The zero-order valence-electron chi connectivity index (χ0n) is 16.5. The lowest BCUT2D eigenvalue weighted by Gasteiger charge is -2.36. The van der Waals surface area contributed by atoms with Crippen LogP contribution in [0.5, 0.6) is 11.5 Å². The highest BCUT2D eigenvalue weighted by Crippen LogP contribution is 2.49. The molecule has 0 saturated carbocycles. The molecule has 0 unspecified atom stereocenters. The summed E-state index contributed by atoms with van der Waals surface area (Å²) in [6, 6.07) is 3.56. The highest BCUT2D eigenvalue weighted by atomic mass is 127. The van der Waals surface area contributed by atoms with Crippen LogP contribution in [0.15, 0.2) is 34.8 Å². The molecular weight excluding hydrogens is 503 g/mol. The molecule has 1 aromatic rings. The maximum absolute atomic E-state index is 12.9. The highest BCUT2D eigenvalue weighted by molar-refractivity contribution is 14.1. The van der Waals surface area contributed by atoms with Gasteiger partial charge in [0.25, 0.3) is 0 Å². The van der Waals surface area contributed by atoms with E-state index in [4.69, 9.17) is 19.3 Å². The van der Waals surface area contributed by atoms with Crippen LogP contribution in [0.1, 0.15) is 50.0 Å². The van der Waals surface area contributed by atoms with Crippen molar-refractivity contribution in [3.63, 3.8) is 0 Å². The number of rotatable bonds is 5. The fourth-order valence-electron chi connectivity index (χ4n) is 4.33. The summed E-state index contributed by atoms with van der Waals surface area (Å²) in [5.41, 5.74) is 1.87. The smallest absolute Gasteiger partial charge is 0.341 e. The third-order valence-corrected chi connectivity index (χ3v) is 6.37. The van der Waals surface area contributed by atoms with Crippen LogP contribution in [0.25, 0.3) is 0 Å². The molecule has 0 radical (unpaired) electrons. The zero-order chi connectivity index (χ0) is 21.4. The largest absolute Gasteiger partial charge is 0.493 e. The van der Waals surface area contributed by atoms with Gasteiger partial charge in [0.2, 0.25) is 0 Å². The van der Waals surface area contributed by atoms with E-state index in [1.807, 2.05) is 6.07 Å². The van der Waals surface area contributed by atoms with Crippen molar-refractivity contribution in [2.45, 2.75) is 44.4 Å². The van der Waals surface area contributed by atoms with Gasteiger partial charge in [-0.15, -0.1) is 0 Å². The van der Waals surface area contributed by atoms with Gasteiger partial charge in [-0.2, -0.15) is 0 Å². The third kappa shape index (κ3) is 3.73. The van der Waals surface area contributed by atoms with Crippen molar-refractivity contribution >= 4 is 40.1 Å². The summed E-state index contributed by atoms with van der Waals surface area (Å²) in [5.74, 6) is 0.449. The molecule has 7 nitrogen and oxygen atoms in total. The summed E-state index contributed by atoms with van der Waals surface area (Å²) in [5, 5.41) is 8.94. The normalized spacial score (nSPS) is 19.3. The van der Waals surface area contributed by atoms with E-state index < -0.39 is 18.5 Å². The number of carboxylic acid groups (broad SMARTS) is 1. The molecule has 0 spiro atoms.